The van der Waals surface area contributed by atoms with E-state index < -0.39 is 25.4 Å². The van der Waals surface area contributed by atoms with Crippen molar-refractivity contribution in [3.8, 4) is 0 Å². The normalized spacial score (nSPS) is 42.2. The number of hydroxylamine groups is 2. The van der Waals surface area contributed by atoms with E-state index in [-0.39, 0.29) is 5.92 Å². The molecule has 0 radical (unpaired) electrons. The minimum absolute atomic E-state index is 0.377. The molecule has 3 N–H and O–H groups in total. The Morgan fingerprint density at radius 2 is 2.15 bits per heavy atom. The van der Waals surface area contributed by atoms with E-state index in [1.165, 1.54) is 7.11 Å². The highest BCUT2D eigenvalue weighted by Gasteiger charge is 2.40. The van der Waals surface area contributed by atoms with Gasteiger partial charge in [0.2, 0.25) is 0 Å². The number of hydrogen-bond donors (Lipinski definition) is 3. The zero-order chi connectivity index (χ0) is 10.0. The van der Waals surface area contributed by atoms with E-state index in [0.717, 1.165) is 0 Å². The molecule has 4 unspecified atom stereocenters. The van der Waals surface area contributed by atoms with Crippen LogP contribution in [0, 0.1) is 5.92 Å². The molecule has 1 aliphatic heterocycles. The maximum absolute atomic E-state index is 9.45. The first-order valence-corrected chi connectivity index (χ1v) is 4.06. The standard InChI is InChI=1S/C7H15NO5/c1-4-6(10)8(11)5(3-9)13-7(4)12-2/h4-7,9-11H,3H2,1-2H3. The molecule has 78 valence electrons. The molecule has 0 aromatic rings. The van der Waals surface area contributed by atoms with E-state index in [0.29, 0.717) is 5.06 Å². The largest absolute Gasteiger partial charge is 0.392 e. The smallest absolute Gasteiger partial charge is 0.165 e. The van der Waals surface area contributed by atoms with Crippen molar-refractivity contribution < 1.29 is 24.9 Å². The molecule has 6 nitrogen and oxygen atoms in total. The fourth-order valence-corrected chi connectivity index (χ4v) is 1.29. The molecule has 0 aromatic heterocycles. The molecule has 1 fully saturated rings. The minimum atomic E-state index is -1.09. The number of aliphatic hydroxyl groups is 2. The molecule has 4 atom stereocenters. The summed E-state index contributed by atoms with van der Waals surface area (Å²) in [4.78, 5) is 0. The van der Waals surface area contributed by atoms with Crippen LogP contribution in [0.2, 0.25) is 0 Å². The van der Waals surface area contributed by atoms with Crippen molar-refractivity contribution in [3.63, 3.8) is 0 Å². The Bertz CT molecular complexity index is 147. The molecule has 1 heterocycles. The van der Waals surface area contributed by atoms with Crippen molar-refractivity contribution in [1.29, 1.82) is 0 Å². The van der Waals surface area contributed by atoms with Crippen molar-refractivity contribution in [2.75, 3.05) is 13.7 Å². The van der Waals surface area contributed by atoms with Gasteiger partial charge in [0.15, 0.2) is 12.5 Å². The summed E-state index contributed by atoms with van der Waals surface area (Å²) in [6.45, 7) is 1.27. The quantitative estimate of drug-likeness (QED) is 0.519. The molecule has 0 aliphatic carbocycles. The summed E-state index contributed by atoms with van der Waals surface area (Å²) in [6, 6.07) is 0. The van der Waals surface area contributed by atoms with Crippen LogP contribution in [0.15, 0.2) is 0 Å². The predicted molar refractivity (Wildman–Crippen MR) is 41.6 cm³/mol. The van der Waals surface area contributed by atoms with Crippen molar-refractivity contribution in [2.24, 2.45) is 5.92 Å². The van der Waals surface area contributed by atoms with Gasteiger partial charge in [-0.2, -0.15) is 0 Å². The fraction of sp³-hybridized carbons (Fsp3) is 1.00. The first kappa shape index (κ1) is 10.8. The third-order valence-electron chi connectivity index (χ3n) is 2.15. The first-order valence-electron chi connectivity index (χ1n) is 4.06. The van der Waals surface area contributed by atoms with E-state index in [2.05, 4.69) is 0 Å². The highest BCUT2D eigenvalue weighted by Crippen LogP contribution is 2.24. The topological polar surface area (TPSA) is 82.4 Å². The zero-order valence-electron chi connectivity index (χ0n) is 7.62. The maximum Gasteiger partial charge on any atom is 0.165 e. The summed E-state index contributed by atoms with van der Waals surface area (Å²) in [5.74, 6) is -0.377. The lowest BCUT2D eigenvalue weighted by Crippen LogP contribution is -2.57. The summed E-state index contributed by atoms with van der Waals surface area (Å²) >= 11 is 0. The van der Waals surface area contributed by atoms with E-state index in [9.17, 15) is 10.3 Å². The summed E-state index contributed by atoms with van der Waals surface area (Å²) < 4.78 is 10.0. The highest BCUT2D eigenvalue weighted by atomic mass is 16.7. The molecule has 6 heteroatoms. The fourth-order valence-electron chi connectivity index (χ4n) is 1.29. The van der Waals surface area contributed by atoms with Gasteiger partial charge in [-0.05, 0) is 0 Å². The van der Waals surface area contributed by atoms with Gasteiger partial charge >= 0.3 is 0 Å². The molecular weight excluding hydrogens is 178 g/mol. The maximum atomic E-state index is 9.45. The van der Waals surface area contributed by atoms with E-state index in [4.69, 9.17) is 14.6 Å². The number of rotatable bonds is 2. The van der Waals surface area contributed by atoms with Crippen molar-refractivity contribution >= 4 is 0 Å². The zero-order valence-corrected chi connectivity index (χ0v) is 7.62. The lowest BCUT2D eigenvalue weighted by molar-refractivity contribution is -0.383. The lowest BCUT2D eigenvalue weighted by atomic mass is 10.1. The van der Waals surface area contributed by atoms with Crippen LogP contribution in [0.25, 0.3) is 0 Å². The second-order valence-electron chi connectivity index (χ2n) is 3.03. The van der Waals surface area contributed by atoms with E-state index in [1.54, 1.807) is 6.92 Å². The minimum Gasteiger partial charge on any atom is -0.392 e. The van der Waals surface area contributed by atoms with Gasteiger partial charge in [-0.25, -0.2) is 0 Å². The van der Waals surface area contributed by atoms with Gasteiger partial charge in [0.1, 0.15) is 6.23 Å². The number of methoxy groups -OCH3 is 1. The molecule has 1 saturated heterocycles. The molecule has 0 aromatic carbocycles. The van der Waals surface area contributed by atoms with Crippen molar-refractivity contribution in [1.82, 2.24) is 5.06 Å². The third-order valence-corrected chi connectivity index (χ3v) is 2.15. The SMILES string of the molecule is COC1OC(CO)N(O)C(O)C1C. The summed E-state index contributed by atoms with van der Waals surface area (Å²) in [6.07, 6.45) is -2.64. The molecule has 1 aliphatic rings. The van der Waals surface area contributed by atoms with Crippen LogP contribution in [0.3, 0.4) is 0 Å². The highest BCUT2D eigenvalue weighted by molar-refractivity contribution is 4.73. The molecule has 13 heavy (non-hydrogen) atoms. The van der Waals surface area contributed by atoms with Gasteiger partial charge in [-0.3, -0.25) is 0 Å². The summed E-state index contributed by atoms with van der Waals surface area (Å²) in [5, 5.41) is 28.1. The van der Waals surface area contributed by atoms with Crippen LogP contribution >= 0.6 is 0 Å². The van der Waals surface area contributed by atoms with Gasteiger partial charge in [0.05, 0.1) is 6.61 Å². The average molecular weight is 193 g/mol. The van der Waals surface area contributed by atoms with Crippen LogP contribution in [0.5, 0.6) is 0 Å². The first-order chi connectivity index (χ1) is 6.11. The Morgan fingerprint density at radius 3 is 2.62 bits per heavy atom. The number of aliphatic hydroxyl groups excluding tert-OH is 2. The molecule has 0 bridgehead atoms. The van der Waals surface area contributed by atoms with Gasteiger partial charge in [-0.15, -0.1) is 5.06 Å². The van der Waals surface area contributed by atoms with Gasteiger partial charge in [0, 0.05) is 13.0 Å². The van der Waals surface area contributed by atoms with Gasteiger partial charge in [-0.1, -0.05) is 6.92 Å². The van der Waals surface area contributed by atoms with E-state index in [1.807, 2.05) is 0 Å². The van der Waals surface area contributed by atoms with E-state index >= 15 is 0 Å². The molecule has 1 rings (SSSR count). The predicted octanol–water partition coefficient (Wildman–Crippen LogP) is -1.05. The van der Waals surface area contributed by atoms with Crippen LogP contribution < -0.4 is 0 Å². The number of ether oxygens (including phenoxy) is 2. The third kappa shape index (κ3) is 1.98. The second kappa shape index (κ2) is 4.32. The van der Waals surface area contributed by atoms with Gasteiger partial charge in [0.25, 0.3) is 0 Å². The molecule has 0 amide bonds. The Kier molecular flexibility index (Phi) is 3.60. The summed E-state index contributed by atoms with van der Waals surface area (Å²) in [5.41, 5.74) is 0. The van der Waals surface area contributed by atoms with Crippen LogP contribution in [0.4, 0.5) is 0 Å². The Hall–Kier alpha value is -0.240. The second-order valence-corrected chi connectivity index (χ2v) is 3.03. The Morgan fingerprint density at radius 1 is 1.54 bits per heavy atom. The van der Waals surface area contributed by atoms with Crippen molar-refractivity contribution in [2.45, 2.75) is 25.7 Å². The molecule has 0 saturated carbocycles. The summed E-state index contributed by atoms with van der Waals surface area (Å²) in [7, 11) is 1.44. The van der Waals surface area contributed by atoms with Crippen molar-refractivity contribution in [3.05, 3.63) is 0 Å². The van der Waals surface area contributed by atoms with Crippen LogP contribution in [-0.2, 0) is 9.47 Å². The van der Waals surface area contributed by atoms with Crippen LogP contribution in [-0.4, -0.2) is 52.9 Å². The monoisotopic (exact) mass is 193 g/mol. The number of nitrogens with zero attached hydrogens (tertiary/aromatic N) is 1. The molecular formula is C7H15NO5. The van der Waals surface area contributed by atoms with Crippen LogP contribution in [0.1, 0.15) is 6.92 Å². The Labute approximate surface area is 76.2 Å². The number of hydrogen-bond acceptors (Lipinski definition) is 6. The lowest BCUT2D eigenvalue weighted by Gasteiger charge is -2.41. The average Bonchev–Trinajstić information content (AvgIpc) is 2.15. The van der Waals surface area contributed by atoms with Gasteiger partial charge < -0.3 is 24.9 Å². The Balaban J connectivity index is 2.66. The molecule has 0 spiro atoms.